The molecule has 1 aliphatic heterocycles. The molecule has 1 heterocycles. The lowest BCUT2D eigenvalue weighted by molar-refractivity contribution is 0.0261. The zero-order valence-corrected chi connectivity index (χ0v) is 16.5. The predicted octanol–water partition coefficient (Wildman–Crippen LogP) is 3.27. The van der Waals surface area contributed by atoms with Crippen LogP contribution in [0.3, 0.4) is 0 Å². The van der Waals surface area contributed by atoms with Gasteiger partial charge in [0.2, 0.25) is 0 Å². The number of carbonyl (C=O) groups excluding carboxylic acids is 1. The number of amidine groups is 1. The molecule has 1 amide bonds. The molecular weight excluding hydrogens is 310 g/mol. The van der Waals surface area contributed by atoms with Gasteiger partial charge in [-0.05, 0) is 39.7 Å². The second-order valence-electron chi connectivity index (χ2n) is 8.29. The molecule has 1 atom stereocenters. The molecule has 0 aromatic heterocycles. The van der Waals surface area contributed by atoms with E-state index in [-0.39, 0.29) is 12.1 Å². The van der Waals surface area contributed by atoms with Crippen molar-refractivity contribution in [2.75, 3.05) is 19.9 Å². The highest BCUT2D eigenvalue weighted by atomic mass is 28.3. The Bertz CT molecular complexity index is 416. The Hall–Kier alpha value is -1.08. The molecule has 0 aromatic carbocycles. The van der Waals surface area contributed by atoms with Gasteiger partial charge in [-0.15, -0.1) is 0 Å². The molecule has 1 aliphatic rings. The van der Waals surface area contributed by atoms with E-state index in [0.29, 0.717) is 19.1 Å². The van der Waals surface area contributed by atoms with Crippen LogP contribution >= 0.6 is 0 Å². The molecule has 1 saturated heterocycles. The molecule has 0 spiro atoms. The predicted molar refractivity (Wildman–Crippen MR) is 95.8 cm³/mol. The first-order valence-corrected chi connectivity index (χ1v) is 12.1. The van der Waals surface area contributed by atoms with E-state index >= 15 is 0 Å². The monoisotopic (exact) mass is 343 g/mol. The Kier molecular flexibility index (Phi) is 7.07. The number of carbonyl (C=O) groups is 1. The van der Waals surface area contributed by atoms with E-state index in [0.717, 1.165) is 25.5 Å². The van der Waals surface area contributed by atoms with Gasteiger partial charge in [-0.25, -0.2) is 4.79 Å². The summed E-state index contributed by atoms with van der Waals surface area (Å²) in [5.74, 6) is 0.335. The van der Waals surface area contributed by atoms with Crippen molar-refractivity contribution in [3.8, 4) is 0 Å². The Labute approximate surface area is 141 Å². The van der Waals surface area contributed by atoms with Crippen molar-refractivity contribution in [2.45, 2.75) is 70.9 Å². The molecule has 7 heteroatoms. The normalized spacial score (nSPS) is 18.9. The quantitative estimate of drug-likeness (QED) is 0.255. The molecule has 0 unspecified atom stereocenters. The second-order valence-corrected chi connectivity index (χ2v) is 13.9. The van der Waals surface area contributed by atoms with Crippen molar-refractivity contribution in [3.63, 3.8) is 0 Å². The van der Waals surface area contributed by atoms with Gasteiger partial charge in [0, 0.05) is 21.2 Å². The topological polar surface area (TPSA) is 74.7 Å². The van der Waals surface area contributed by atoms with Gasteiger partial charge in [0.05, 0.1) is 6.04 Å². The summed E-state index contributed by atoms with van der Waals surface area (Å²) in [7, 11) is -1.08. The van der Waals surface area contributed by atoms with E-state index in [1.165, 1.54) is 0 Å². The minimum Gasteiger partial charge on any atom is -0.444 e. The van der Waals surface area contributed by atoms with E-state index in [4.69, 9.17) is 14.9 Å². The lowest BCUT2D eigenvalue weighted by atomic mass is 10.2. The third-order valence-corrected chi connectivity index (χ3v) is 5.28. The van der Waals surface area contributed by atoms with Crippen LogP contribution in [0.25, 0.3) is 0 Å². The number of likely N-dealkylation sites (tertiary alicyclic amines) is 1. The van der Waals surface area contributed by atoms with Gasteiger partial charge in [-0.2, -0.15) is 0 Å². The van der Waals surface area contributed by atoms with Gasteiger partial charge in [-0.1, -0.05) is 19.6 Å². The van der Waals surface area contributed by atoms with Crippen LogP contribution in [-0.2, 0) is 9.47 Å². The molecule has 1 fully saturated rings. The van der Waals surface area contributed by atoms with Crippen LogP contribution in [0.4, 0.5) is 4.79 Å². The van der Waals surface area contributed by atoms with E-state index in [2.05, 4.69) is 25.0 Å². The molecule has 2 N–H and O–H groups in total. The van der Waals surface area contributed by atoms with E-state index < -0.39 is 13.7 Å². The Balaban J connectivity index is 2.38. The van der Waals surface area contributed by atoms with Crippen LogP contribution in [0.2, 0.25) is 25.7 Å². The van der Waals surface area contributed by atoms with Gasteiger partial charge in [0.15, 0.2) is 0 Å². The van der Waals surface area contributed by atoms with Crippen molar-refractivity contribution >= 4 is 20.0 Å². The van der Waals surface area contributed by atoms with Gasteiger partial charge in [0.25, 0.3) is 0 Å². The highest BCUT2D eigenvalue weighted by molar-refractivity contribution is 6.76. The number of ether oxygens (including phenoxy) is 2. The SMILES string of the molecule is CC(C)(C)OC(=O)N1CCC[C@H]1C(=N)NCOCC[Si](C)(C)C. The Morgan fingerprint density at radius 3 is 2.57 bits per heavy atom. The van der Waals surface area contributed by atoms with Crippen LogP contribution in [0.5, 0.6) is 0 Å². The molecule has 0 aliphatic carbocycles. The summed E-state index contributed by atoms with van der Waals surface area (Å²) >= 11 is 0. The molecule has 1 rings (SSSR count). The standard InChI is InChI=1S/C16H33N3O3Si/c1-16(2,3)22-15(20)19-9-7-8-13(19)14(17)18-12-21-10-11-23(4,5)6/h13H,7-12H2,1-6H3,(H2,17,18)/t13-/m0/s1. The van der Waals surface area contributed by atoms with Crippen LogP contribution in [-0.4, -0.2) is 56.4 Å². The third kappa shape index (κ3) is 7.83. The number of nitrogens with zero attached hydrogens (tertiary/aromatic N) is 1. The Morgan fingerprint density at radius 1 is 1.35 bits per heavy atom. The fourth-order valence-corrected chi connectivity index (χ4v) is 3.06. The highest BCUT2D eigenvalue weighted by Gasteiger charge is 2.34. The van der Waals surface area contributed by atoms with Crippen LogP contribution in [0.1, 0.15) is 33.6 Å². The van der Waals surface area contributed by atoms with Crippen molar-refractivity contribution < 1.29 is 14.3 Å². The third-order valence-electron chi connectivity index (χ3n) is 3.58. The first-order chi connectivity index (χ1) is 10.5. The summed E-state index contributed by atoms with van der Waals surface area (Å²) in [6.45, 7) is 14.2. The molecule has 0 bridgehead atoms. The maximum absolute atomic E-state index is 12.2. The van der Waals surface area contributed by atoms with E-state index in [1.807, 2.05) is 20.8 Å². The molecule has 6 nitrogen and oxygen atoms in total. The van der Waals surface area contributed by atoms with E-state index in [1.54, 1.807) is 4.90 Å². The summed E-state index contributed by atoms with van der Waals surface area (Å²) in [5, 5.41) is 11.2. The molecule has 23 heavy (non-hydrogen) atoms. The number of nitrogens with one attached hydrogen (secondary N) is 2. The Morgan fingerprint density at radius 2 is 2.00 bits per heavy atom. The van der Waals surface area contributed by atoms with Crippen LogP contribution in [0, 0.1) is 5.41 Å². The maximum atomic E-state index is 12.2. The fourth-order valence-electron chi connectivity index (χ4n) is 2.30. The van der Waals surface area contributed by atoms with Gasteiger partial charge >= 0.3 is 6.09 Å². The van der Waals surface area contributed by atoms with Crippen LogP contribution < -0.4 is 5.32 Å². The van der Waals surface area contributed by atoms with Gasteiger partial charge in [0.1, 0.15) is 18.2 Å². The average molecular weight is 344 g/mol. The molecular formula is C16H33N3O3Si. The van der Waals surface area contributed by atoms with Gasteiger partial charge in [-0.3, -0.25) is 10.3 Å². The van der Waals surface area contributed by atoms with Crippen molar-refractivity contribution in [3.05, 3.63) is 0 Å². The lowest BCUT2D eigenvalue weighted by Crippen LogP contribution is -2.47. The van der Waals surface area contributed by atoms with Crippen LogP contribution in [0.15, 0.2) is 0 Å². The van der Waals surface area contributed by atoms with Gasteiger partial charge < -0.3 is 14.8 Å². The zero-order valence-electron chi connectivity index (χ0n) is 15.5. The first kappa shape index (κ1) is 20.0. The minimum atomic E-state index is -1.08. The maximum Gasteiger partial charge on any atom is 0.410 e. The van der Waals surface area contributed by atoms with Crippen molar-refractivity contribution in [1.82, 2.24) is 10.2 Å². The number of hydrogen-bond acceptors (Lipinski definition) is 4. The van der Waals surface area contributed by atoms with E-state index in [9.17, 15) is 4.79 Å². The second kappa shape index (κ2) is 8.15. The summed E-state index contributed by atoms with van der Waals surface area (Å²) in [6, 6.07) is 0.876. The number of rotatable bonds is 6. The highest BCUT2D eigenvalue weighted by Crippen LogP contribution is 2.21. The molecule has 0 saturated carbocycles. The van der Waals surface area contributed by atoms with Crippen molar-refractivity contribution in [1.29, 1.82) is 5.41 Å². The minimum absolute atomic E-state index is 0.231. The van der Waals surface area contributed by atoms with Crippen molar-refractivity contribution in [2.24, 2.45) is 0 Å². The lowest BCUT2D eigenvalue weighted by Gasteiger charge is -2.29. The molecule has 134 valence electrons. The number of hydrogen-bond donors (Lipinski definition) is 2. The summed E-state index contributed by atoms with van der Waals surface area (Å²) in [6.07, 6.45) is 1.34. The molecule has 0 radical (unpaired) electrons. The molecule has 0 aromatic rings. The zero-order chi connectivity index (χ0) is 17.7. The summed E-state index contributed by atoms with van der Waals surface area (Å²) in [5.41, 5.74) is -0.514. The average Bonchev–Trinajstić information content (AvgIpc) is 2.83. The summed E-state index contributed by atoms with van der Waals surface area (Å²) in [4.78, 5) is 13.9. The smallest absolute Gasteiger partial charge is 0.410 e. The fraction of sp³-hybridized carbons (Fsp3) is 0.875. The number of amides is 1. The first-order valence-electron chi connectivity index (χ1n) is 8.39. The largest absolute Gasteiger partial charge is 0.444 e. The summed E-state index contributed by atoms with van der Waals surface area (Å²) < 4.78 is 11.0.